The predicted octanol–water partition coefficient (Wildman–Crippen LogP) is 4.56. The summed E-state index contributed by atoms with van der Waals surface area (Å²) in [7, 11) is 4.05. The SMILES string of the molecule is CC(Nc1ccc(Br)cc1C#N)c1ccc(N(C)C)cc1. The Kier molecular flexibility index (Phi) is 4.87. The molecule has 3 nitrogen and oxygen atoms in total. The second kappa shape index (κ2) is 6.64. The summed E-state index contributed by atoms with van der Waals surface area (Å²) in [5, 5.41) is 12.6. The van der Waals surface area contributed by atoms with Gasteiger partial charge in [-0.25, -0.2) is 0 Å². The van der Waals surface area contributed by atoms with E-state index >= 15 is 0 Å². The van der Waals surface area contributed by atoms with Crippen molar-refractivity contribution in [3.63, 3.8) is 0 Å². The lowest BCUT2D eigenvalue weighted by Gasteiger charge is -2.18. The van der Waals surface area contributed by atoms with E-state index in [9.17, 15) is 5.26 Å². The van der Waals surface area contributed by atoms with Gasteiger partial charge < -0.3 is 10.2 Å². The average molecular weight is 344 g/mol. The third-order valence-corrected chi connectivity index (χ3v) is 3.88. The van der Waals surface area contributed by atoms with Crippen molar-refractivity contribution in [1.29, 1.82) is 5.26 Å². The molecule has 0 saturated heterocycles. The Morgan fingerprint density at radius 2 is 1.81 bits per heavy atom. The lowest BCUT2D eigenvalue weighted by Crippen LogP contribution is -2.10. The molecule has 2 aromatic rings. The van der Waals surface area contributed by atoms with Gasteiger partial charge in [-0.15, -0.1) is 0 Å². The van der Waals surface area contributed by atoms with E-state index in [0.717, 1.165) is 10.2 Å². The van der Waals surface area contributed by atoms with Crippen molar-refractivity contribution in [2.24, 2.45) is 0 Å². The number of nitrogens with zero attached hydrogens (tertiary/aromatic N) is 2. The number of nitriles is 1. The van der Waals surface area contributed by atoms with E-state index in [2.05, 4.69) is 63.4 Å². The molecule has 2 rings (SSSR count). The van der Waals surface area contributed by atoms with E-state index in [1.165, 1.54) is 11.3 Å². The molecule has 0 heterocycles. The van der Waals surface area contributed by atoms with Crippen molar-refractivity contribution >= 4 is 27.3 Å². The molecule has 0 bridgehead atoms. The quantitative estimate of drug-likeness (QED) is 0.884. The summed E-state index contributed by atoms with van der Waals surface area (Å²) >= 11 is 3.39. The summed E-state index contributed by atoms with van der Waals surface area (Å²) in [6.07, 6.45) is 0. The molecule has 0 spiro atoms. The van der Waals surface area contributed by atoms with Crippen LogP contribution in [-0.4, -0.2) is 14.1 Å². The fourth-order valence-electron chi connectivity index (χ4n) is 2.11. The van der Waals surface area contributed by atoms with Gasteiger partial charge in [0.15, 0.2) is 0 Å². The van der Waals surface area contributed by atoms with Crippen LogP contribution in [0.5, 0.6) is 0 Å². The van der Waals surface area contributed by atoms with Gasteiger partial charge in [-0.1, -0.05) is 28.1 Å². The first kappa shape index (κ1) is 15.4. The molecular formula is C17H18BrN3. The van der Waals surface area contributed by atoms with Crippen LogP contribution in [0.4, 0.5) is 11.4 Å². The Labute approximate surface area is 134 Å². The van der Waals surface area contributed by atoms with Crippen molar-refractivity contribution < 1.29 is 0 Å². The Hall–Kier alpha value is -1.99. The van der Waals surface area contributed by atoms with Crippen molar-refractivity contribution in [2.75, 3.05) is 24.3 Å². The molecular weight excluding hydrogens is 326 g/mol. The predicted molar refractivity (Wildman–Crippen MR) is 91.7 cm³/mol. The van der Waals surface area contributed by atoms with Gasteiger partial charge in [0, 0.05) is 30.3 Å². The molecule has 2 aromatic carbocycles. The van der Waals surface area contributed by atoms with Gasteiger partial charge in [-0.3, -0.25) is 0 Å². The third-order valence-electron chi connectivity index (χ3n) is 3.38. The number of anilines is 2. The minimum atomic E-state index is 0.134. The van der Waals surface area contributed by atoms with Crippen LogP contribution in [0, 0.1) is 11.3 Å². The zero-order chi connectivity index (χ0) is 15.4. The van der Waals surface area contributed by atoms with E-state index in [1.807, 2.05) is 32.3 Å². The second-order valence-electron chi connectivity index (χ2n) is 5.15. The molecule has 0 saturated carbocycles. The number of halogens is 1. The van der Waals surface area contributed by atoms with Gasteiger partial charge >= 0.3 is 0 Å². The fourth-order valence-corrected chi connectivity index (χ4v) is 2.47. The van der Waals surface area contributed by atoms with Gasteiger partial charge in [-0.05, 0) is 42.8 Å². The normalized spacial score (nSPS) is 11.6. The van der Waals surface area contributed by atoms with Gasteiger partial charge in [-0.2, -0.15) is 5.26 Å². The Morgan fingerprint density at radius 3 is 2.38 bits per heavy atom. The molecule has 108 valence electrons. The molecule has 0 radical (unpaired) electrons. The average Bonchev–Trinajstić information content (AvgIpc) is 2.49. The van der Waals surface area contributed by atoms with E-state index in [4.69, 9.17) is 0 Å². The van der Waals surface area contributed by atoms with Crippen molar-refractivity contribution in [1.82, 2.24) is 0 Å². The largest absolute Gasteiger partial charge is 0.378 e. The third kappa shape index (κ3) is 3.77. The maximum atomic E-state index is 9.21. The molecule has 0 aliphatic carbocycles. The van der Waals surface area contributed by atoms with Crippen molar-refractivity contribution in [3.8, 4) is 6.07 Å². The fraction of sp³-hybridized carbons (Fsp3) is 0.235. The zero-order valence-electron chi connectivity index (χ0n) is 12.4. The van der Waals surface area contributed by atoms with E-state index < -0.39 is 0 Å². The van der Waals surface area contributed by atoms with Crippen LogP contribution >= 0.6 is 15.9 Å². The minimum Gasteiger partial charge on any atom is -0.378 e. The monoisotopic (exact) mass is 343 g/mol. The summed E-state index contributed by atoms with van der Waals surface area (Å²) in [5.41, 5.74) is 3.85. The van der Waals surface area contributed by atoms with Crippen LogP contribution in [0.3, 0.4) is 0 Å². The van der Waals surface area contributed by atoms with Crippen LogP contribution in [0.25, 0.3) is 0 Å². The molecule has 0 aromatic heterocycles. The van der Waals surface area contributed by atoms with Crippen LogP contribution in [0.2, 0.25) is 0 Å². The number of nitrogens with one attached hydrogen (secondary N) is 1. The molecule has 1 unspecified atom stereocenters. The first-order valence-corrected chi connectivity index (χ1v) is 7.54. The minimum absolute atomic E-state index is 0.134. The second-order valence-corrected chi connectivity index (χ2v) is 6.07. The highest BCUT2D eigenvalue weighted by atomic mass is 79.9. The maximum absolute atomic E-state index is 9.21. The number of benzene rings is 2. The van der Waals surface area contributed by atoms with Crippen LogP contribution < -0.4 is 10.2 Å². The summed E-state index contributed by atoms with van der Waals surface area (Å²) in [6, 6.07) is 16.4. The molecule has 1 N–H and O–H groups in total. The molecule has 0 aliphatic heterocycles. The Morgan fingerprint density at radius 1 is 1.14 bits per heavy atom. The van der Waals surface area contributed by atoms with E-state index in [0.29, 0.717) is 5.56 Å². The van der Waals surface area contributed by atoms with Crippen molar-refractivity contribution in [3.05, 3.63) is 58.1 Å². The molecule has 0 amide bonds. The zero-order valence-corrected chi connectivity index (χ0v) is 14.0. The smallest absolute Gasteiger partial charge is 0.101 e. The summed E-state index contributed by atoms with van der Waals surface area (Å²) in [4.78, 5) is 2.07. The Bertz CT molecular complexity index is 657. The number of rotatable bonds is 4. The summed E-state index contributed by atoms with van der Waals surface area (Å²) < 4.78 is 0.910. The van der Waals surface area contributed by atoms with Gasteiger partial charge in [0.25, 0.3) is 0 Å². The van der Waals surface area contributed by atoms with E-state index in [-0.39, 0.29) is 6.04 Å². The summed E-state index contributed by atoms with van der Waals surface area (Å²) in [6.45, 7) is 2.09. The molecule has 0 fully saturated rings. The Balaban J connectivity index is 2.18. The first-order valence-electron chi connectivity index (χ1n) is 6.74. The number of hydrogen-bond acceptors (Lipinski definition) is 3. The standard InChI is InChI=1S/C17H18BrN3/c1-12(13-4-7-16(8-5-13)21(2)3)20-17-9-6-15(18)10-14(17)11-19/h4-10,12,20H,1-3H3. The van der Waals surface area contributed by atoms with E-state index in [1.54, 1.807) is 0 Å². The number of hydrogen-bond donors (Lipinski definition) is 1. The highest BCUT2D eigenvalue weighted by molar-refractivity contribution is 9.10. The van der Waals surface area contributed by atoms with Crippen LogP contribution in [0.15, 0.2) is 46.9 Å². The highest BCUT2D eigenvalue weighted by Gasteiger charge is 2.09. The van der Waals surface area contributed by atoms with Gasteiger partial charge in [0.05, 0.1) is 11.3 Å². The molecule has 4 heteroatoms. The topological polar surface area (TPSA) is 39.1 Å². The van der Waals surface area contributed by atoms with Gasteiger partial charge in [0.1, 0.15) is 6.07 Å². The summed E-state index contributed by atoms with van der Waals surface area (Å²) in [5.74, 6) is 0. The lowest BCUT2D eigenvalue weighted by atomic mass is 10.1. The lowest BCUT2D eigenvalue weighted by molar-refractivity contribution is 0.883. The van der Waals surface area contributed by atoms with Crippen LogP contribution in [0.1, 0.15) is 24.1 Å². The maximum Gasteiger partial charge on any atom is 0.101 e. The highest BCUT2D eigenvalue weighted by Crippen LogP contribution is 2.25. The molecule has 0 aliphatic rings. The van der Waals surface area contributed by atoms with Gasteiger partial charge in [0.2, 0.25) is 0 Å². The van der Waals surface area contributed by atoms with Crippen LogP contribution in [-0.2, 0) is 0 Å². The first-order chi connectivity index (χ1) is 10.0. The molecule has 1 atom stereocenters. The van der Waals surface area contributed by atoms with Crippen molar-refractivity contribution in [2.45, 2.75) is 13.0 Å². The molecule has 21 heavy (non-hydrogen) atoms.